The minimum Gasteiger partial charge on any atom is -0.462 e. The van der Waals surface area contributed by atoms with Gasteiger partial charge in [-0.15, -0.1) is 0 Å². The van der Waals surface area contributed by atoms with Crippen LogP contribution in [0.5, 0.6) is 0 Å². The van der Waals surface area contributed by atoms with Crippen molar-refractivity contribution in [2.75, 3.05) is 6.61 Å². The van der Waals surface area contributed by atoms with Crippen molar-refractivity contribution in [1.29, 1.82) is 10.8 Å². The summed E-state index contributed by atoms with van der Waals surface area (Å²) < 4.78 is 44.5. The molecule has 0 amide bonds. The highest BCUT2D eigenvalue weighted by molar-refractivity contribution is 6.01. The van der Waals surface area contributed by atoms with Gasteiger partial charge in [0, 0.05) is 30.9 Å². The Bertz CT molecular complexity index is 748. The number of alkyl halides is 3. The average molecular weight is 382 g/mol. The summed E-state index contributed by atoms with van der Waals surface area (Å²) in [7, 11) is 0. The molecule has 0 spiro atoms. The zero-order valence-electron chi connectivity index (χ0n) is 15.0. The molecule has 6 nitrogen and oxygen atoms in total. The Labute approximate surface area is 155 Å². The van der Waals surface area contributed by atoms with Crippen LogP contribution in [0, 0.1) is 16.7 Å². The standard InChI is InChI=1S/C18H21F3N4O2/c1-3-15-14(18(19,20)21)5-6-25(15)16(23)13(8-22)11-7-12(10-24-9-11)17(26)27-4-2/h5-10,13-15,22-23H,3-4H2,1-2H3. The first-order valence-electron chi connectivity index (χ1n) is 8.49. The smallest absolute Gasteiger partial charge is 0.397 e. The van der Waals surface area contributed by atoms with Crippen molar-refractivity contribution in [3.63, 3.8) is 0 Å². The number of nitrogens with zero attached hydrogens (tertiary/aromatic N) is 2. The average Bonchev–Trinajstić information content (AvgIpc) is 3.07. The lowest BCUT2D eigenvalue weighted by molar-refractivity contribution is -0.168. The molecule has 1 aromatic rings. The highest BCUT2D eigenvalue weighted by Gasteiger charge is 2.48. The van der Waals surface area contributed by atoms with Gasteiger partial charge in [0.05, 0.1) is 24.0 Å². The minimum absolute atomic E-state index is 0.158. The van der Waals surface area contributed by atoms with Crippen LogP contribution in [0.25, 0.3) is 0 Å². The summed E-state index contributed by atoms with van der Waals surface area (Å²) in [5.74, 6) is -3.37. The third-order valence-corrected chi connectivity index (χ3v) is 4.39. The quantitative estimate of drug-likeness (QED) is 0.445. The maximum absolute atomic E-state index is 13.2. The van der Waals surface area contributed by atoms with Gasteiger partial charge in [0.1, 0.15) is 5.84 Å². The summed E-state index contributed by atoms with van der Waals surface area (Å²) in [4.78, 5) is 17.0. The molecule has 9 heteroatoms. The Hall–Kier alpha value is -2.71. The number of hydrogen-bond donors (Lipinski definition) is 2. The normalized spacial score (nSPS) is 20.4. The molecule has 2 rings (SSSR count). The van der Waals surface area contributed by atoms with Crippen molar-refractivity contribution in [1.82, 2.24) is 9.88 Å². The lowest BCUT2D eigenvalue weighted by Gasteiger charge is -2.32. The van der Waals surface area contributed by atoms with Crippen LogP contribution >= 0.6 is 0 Å². The molecule has 3 unspecified atom stereocenters. The Morgan fingerprint density at radius 2 is 2.11 bits per heavy atom. The van der Waals surface area contributed by atoms with Gasteiger partial charge in [-0.05, 0) is 25.0 Å². The molecule has 0 saturated heterocycles. The Kier molecular flexibility index (Phi) is 6.35. The molecule has 0 bridgehead atoms. The summed E-state index contributed by atoms with van der Waals surface area (Å²) in [6.07, 6.45) is 1.70. The molecular formula is C18H21F3N4O2. The number of carbonyl (C=O) groups excluding carboxylic acids is 1. The van der Waals surface area contributed by atoms with Crippen LogP contribution in [0.15, 0.2) is 30.7 Å². The molecule has 1 aliphatic heterocycles. The van der Waals surface area contributed by atoms with E-state index < -0.39 is 30.0 Å². The first-order valence-corrected chi connectivity index (χ1v) is 8.49. The van der Waals surface area contributed by atoms with E-state index in [1.165, 1.54) is 29.6 Å². The maximum atomic E-state index is 13.2. The van der Waals surface area contributed by atoms with Gasteiger partial charge in [0.2, 0.25) is 0 Å². The third kappa shape index (κ3) is 4.35. The lowest BCUT2D eigenvalue weighted by atomic mass is 9.95. The highest BCUT2D eigenvalue weighted by Crippen LogP contribution is 2.38. The molecule has 0 aliphatic carbocycles. The summed E-state index contributed by atoms with van der Waals surface area (Å²) >= 11 is 0. The van der Waals surface area contributed by atoms with E-state index in [4.69, 9.17) is 15.6 Å². The summed E-state index contributed by atoms with van der Waals surface area (Å²) in [6, 6.07) is 0.498. The number of rotatable bonds is 6. The lowest BCUT2D eigenvalue weighted by Crippen LogP contribution is -2.43. The van der Waals surface area contributed by atoms with Crippen molar-refractivity contribution in [3.05, 3.63) is 41.9 Å². The number of hydrogen-bond acceptors (Lipinski definition) is 5. The summed E-state index contributed by atoms with van der Waals surface area (Å²) in [5.41, 5.74) is 0.519. The van der Waals surface area contributed by atoms with E-state index >= 15 is 0 Å². The molecule has 0 aromatic carbocycles. The van der Waals surface area contributed by atoms with Crippen LogP contribution in [0.1, 0.15) is 42.1 Å². The van der Waals surface area contributed by atoms with E-state index in [-0.39, 0.29) is 24.4 Å². The number of pyridine rings is 1. The fraction of sp³-hybridized carbons (Fsp3) is 0.444. The van der Waals surface area contributed by atoms with Crippen molar-refractivity contribution < 1.29 is 22.7 Å². The fourth-order valence-electron chi connectivity index (χ4n) is 3.08. The predicted octanol–water partition coefficient (Wildman–Crippen LogP) is 3.76. The van der Waals surface area contributed by atoms with E-state index in [0.717, 1.165) is 12.3 Å². The molecular weight excluding hydrogens is 361 g/mol. The number of carbonyl (C=O) groups is 1. The monoisotopic (exact) mass is 382 g/mol. The van der Waals surface area contributed by atoms with E-state index in [2.05, 4.69) is 4.98 Å². The second kappa shape index (κ2) is 8.32. The van der Waals surface area contributed by atoms with E-state index in [1.807, 2.05) is 0 Å². The van der Waals surface area contributed by atoms with Gasteiger partial charge in [-0.25, -0.2) is 4.79 Å². The largest absolute Gasteiger partial charge is 0.462 e. The van der Waals surface area contributed by atoms with Crippen LogP contribution in [-0.4, -0.2) is 46.7 Å². The first-order chi connectivity index (χ1) is 12.7. The number of ether oxygens (including phenoxy) is 1. The van der Waals surface area contributed by atoms with Crippen molar-refractivity contribution in [2.45, 2.75) is 38.4 Å². The Morgan fingerprint density at radius 1 is 1.41 bits per heavy atom. The Morgan fingerprint density at radius 3 is 2.67 bits per heavy atom. The zero-order chi connectivity index (χ0) is 20.2. The zero-order valence-corrected chi connectivity index (χ0v) is 15.0. The van der Waals surface area contributed by atoms with Gasteiger partial charge in [0.15, 0.2) is 0 Å². The number of esters is 1. The van der Waals surface area contributed by atoms with Crippen molar-refractivity contribution in [3.8, 4) is 0 Å². The summed E-state index contributed by atoms with van der Waals surface area (Å²) in [6.45, 7) is 3.47. The third-order valence-electron chi connectivity index (χ3n) is 4.39. The van der Waals surface area contributed by atoms with Crippen molar-refractivity contribution in [2.24, 2.45) is 5.92 Å². The number of aromatic nitrogens is 1. The van der Waals surface area contributed by atoms with E-state index in [1.54, 1.807) is 13.8 Å². The van der Waals surface area contributed by atoms with Crippen LogP contribution in [-0.2, 0) is 4.74 Å². The topological polar surface area (TPSA) is 90.1 Å². The van der Waals surface area contributed by atoms with Gasteiger partial charge in [-0.2, -0.15) is 13.2 Å². The molecule has 1 aromatic heterocycles. The van der Waals surface area contributed by atoms with Crippen LogP contribution in [0.2, 0.25) is 0 Å². The van der Waals surface area contributed by atoms with Gasteiger partial charge in [-0.1, -0.05) is 13.0 Å². The molecule has 0 saturated carbocycles. The molecule has 1 aliphatic rings. The molecule has 2 heterocycles. The van der Waals surface area contributed by atoms with Crippen molar-refractivity contribution >= 4 is 18.0 Å². The fourth-order valence-corrected chi connectivity index (χ4v) is 3.08. The van der Waals surface area contributed by atoms with Gasteiger partial charge >= 0.3 is 12.1 Å². The molecule has 2 N–H and O–H groups in total. The number of nitrogens with one attached hydrogen (secondary N) is 2. The molecule has 0 radical (unpaired) electrons. The Balaban J connectivity index is 2.29. The van der Waals surface area contributed by atoms with Gasteiger partial charge in [-0.3, -0.25) is 10.4 Å². The number of amidine groups is 1. The van der Waals surface area contributed by atoms with Crippen LogP contribution in [0.4, 0.5) is 13.2 Å². The minimum atomic E-state index is -4.40. The van der Waals surface area contributed by atoms with Crippen LogP contribution < -0.4 is 0 Å². The van der Waals surface area contributed by atoms with Gasteiger partial charge in [0.25, 0.3) is 0 Å². The predicted molar refractivity (Wildman–Crippen MR) is 94.0 cm³/mol. The maximum Gasteiger partial charge on any atom is 0.397 e. The second-order valence-electron chi connectivity index (χ2n) is 6.05. The van der Waals surface area contributed by atoms with Gasteiger partial charge < -0.3 is 15.0 Å². The summed E-state index contributed by atoms with van der Waals surface area (Å²) in [5, 5.41) is 16.0. The molecule has 146 valence electrons. The molecule has 3 atom stereocenters. The second-order valence-corrected chi connectivity index (χ2v) is 6.05. The highest BCUT2D eigenvalue weighted by atomic mass is 19.4. The number of halogens is 3. The molecule has 0 fully saturated rings. The van der Waals surface area contributed by atoms with Crippen LogP contribution in [0.3, 0.4) is 0 Å². The molecule has 27 heavy (non-hydrogen) atoms. The first kappa shape index (κ1) is 20.6. The van der Waals surface area contributed by atoms with E-state index in [0.29, 0.717) is 5.56 Å². The van der Waals surface area contributed by atoms with E-state index in [9.17, 15) is 18.0 Å². The SMILES string of the molecule is CCOC(=O)c1cncc(C(C=N)C(=N)N2C=CC(C(F)(F)F)C2CC)c1.